The summed E-state index contributed by atoms with van der Waals surface area (Å²) in [6, 6.07) is 5.85. The zero-order chi connectivity index (χ0) is 15.3. The molecule has 1 aromatic rings. The molecule has 0 saturated carbocycles. The van der Waals surface area contributed by atoms with Crippen LogP contribution in [-0.4, -0.2) is 29.4 Å². The molecule has 0 aliphatic heterocycles. The minimum absolute atomic E-state index is 0.123. The molecule has 0 aliphatic rings. The van der Waals surface area contributed by atoms with Gasteiger partial charge in [-0.25, -0.2) is 0 Å². The number of nitrogens with one attached hydrogen (secondary N) is 1. The minimum atomic E-state index is -0.880. The number of aryl methyl sites for hydroxylation is 1. The van der Waals surface area contributed by atoms with E-state index in [1.54, 1.807) is 18.7 Å². The maximum absolute atomic E-state index is 12.3. The van der Waals surface area contributed by atoms with Crippen LogP contribution in [0.15, 0.2) is 23.1 Å². The second-order valence-electron chi connectivity index (χ2n) is 5.53. The molecule has 0 fully saturated rings. The van der Waals surface area contributed by atoms with E-state index in [4.69, 9.17) is 0 Å². The highest BCUT2D eigenvalue weighted by molar-refractivity contribution is 7.98. The Bertz CT molecular complexity index is 472. The summed E-state index contributed by atoms with van der Waals surface area (Å²) in [5.41, 5.74) is 0.746. The molecule has 2 unspecified atom stereocenters. The van der Waals surface area contributed by atoms with Gasteiger partial charge in [0, 0.05) is 17.0 Å². The van der Waals surface area contributed by atoms with E-state index in [1.807, 2.05) is 45.2 Å². The van der Waals surface area contributed by atoms with Crippen LogP contribution in [-0.2, 0) is 0 Å². The number of hydrogen-bond acceptors (Lipinski definition) is 3. The van der Waals surface area contributed by atoms with Gasteiger partial charge in [-0.1, -0.05) is 26.3 Å². The lowest BCUT2D eigenvalue weighted by molar-refractivity contribution is 0.00591. The van der Waals surface area contributed by atoms with Crippen LogP contribution < -0.4 is 5.32 Å². The van der Waals surface area contributed by atoms with Gasteiger partial charge in [-0.2, -0.15) is 0 Å². The Morgan fingerprint density at radius 2 is 2.15 bits per heavy atom. The van der Waals surface area contributed by atoms with Crippen molar-refractivity contribution in [3.05, 3.63) is 29.3 Å². The van der Waals surface area contributed by atoms with Gasteiger partial charge in [0.1, 0.15) is 0 Å². The number of aliphatic hydroxyl groups is 1. The topological polar surface area (TPSA) is 49.3 Å². The second-order valence-corrected chi connectivity index (χ2v) is 6.41. The van der Waals surface area contributed by atoms with Crippen molar-refractivity contribution in [3.8, 4) is 0 Å². The third-order valence-corrected chi connectivity index (χ3v) is 4.70. The third kappa shape index (κ3) is 4.25. The number of benzene rings is 1. The molecule has 0 radical (unpaired) electrons. The SMILES string of the molecule is CCC(C)C(C)(O)CNC(=O)c1cc(SC)ccc1C. The Morgan fingerprint density at radius 1 is 1.50 bits per heavy atom. The van der Waals surface area contributed by atoms with Crippen LogP contribution in [0.2, 0.25) is 0 Å². The van der Waals surface area contributed by atoms with Crippen LogP contribution in [0.25, 0.3) is 0 Å². The number of carbonyl (C=O) groups excluding carboxylic acids is 1. The molecule has 1 aromatic carbocycles. The molecule has 2 atom stereocenters. The molecule has 4 heteroatoms. The fourth-order valence-corrected chi connectivity index (χ4v) is 2.38. The van der Waals surface area contributed by atoms with Crippen molar-refractivity contribution in [1.29, 1.82) is 0 Å². The first-order valence-corrected chi connectivity index (χ1v) is 8.19. The maximum Gasteiger partial charge on any atom is 0.251 e. The molecule has 0 bridgehead atoms. The van der Waals surface area contributed by atoms with Crippen LogP contribution >= 0.6 is 11.8 Å². The van der Waals surface area contributed by atoms with E-state index in [2.05, 4.69) is 5.32 Å². The number of amides is 1. The first-order valence-electron chi connectivity index (χ1n) is 6.97. The fourth-order valence-electron chi connectivity index (χ4n) is 1.94. The van der Waals surface area contributed by atoms with Gasteiger partial charge in [-0.3, -0.25) is 4.79 Å². The van der Waals surface area contributed by atoms with Gasteiger partial charge in [-0.05, 0) is 43.7 Å². The van der Waals surface area contributed by atoms with E-state index in [9.17, 15) is 9.90 Å². The number of hydrogen-bond donors (Lipinski definition) is 2. The van der Waals surface area contributed by atoms with E-state index >= 15 is 0 Å². The summed E-state index contributed by atoms with van der Waals surface area (Å²) in [6.45, 7) is 7.99. The van der Waals surface area contributed by atoms with Crippen molar-refractivity contribution in [1.82, 2.24) is 5.32 Å². The number of carbonyl (C=O) groups is 1. The Hall–Kier alpha value is -1.00. The van der Waals surface area contributed by atoms with Gasteiger partial charge < -0.3 is 10.4 Å². The van der Waals surface area contributed by atoms with Crippen LogP contribution in [0.3, 0.4) is 0 Å². The molecular formula is C16H25NO2S. The first-order chi connectivity index (χ1) is 9.31. The van der Waals surface area contributed by atoms with E-state index in [1.165, 1.54) is 0 Å². The van der Waals surface area contributed by atoms with Crippen molar-refractivity contribution in [2.45, 2.75) is 44.6 Å². The summed E-state index contributed by atoms with van der Waals surface area (Å²) >= 11 is 1.61. The third-order valence-electron chi connectivity index (χ3n) is 3.97. The highest BCUT2D eigenvalue weighted by Crippen LogP contribution is 2.21. The highest BCUT2D eigenvalue weighted by Gasteiger charge is 2.27. The molecule has 0 heterocycles. The molecule has 0 spiro atoms. The molecule has 2 N–H and O–H groups in total. The van der Waals surface area contributed by atoms with Gasteiger partial charge in [0.2, 0.25) is 0 Å². The predicted molar refractivity (Wildman–Crippen MR) is 85.4 cm³/mol. The molecule has 1 rings (SSSR count). The van der Waals surface area contributed by atoms with Gasteiger partial charge in [0.25, 0.3) is 5.91 Å². The monoisotopic (exact) mass is 295 g/mol. The summed E-state index contributed by atoms with van der Waals surface area (Å²) in [6.07, 6.45) is 2.87. The lowest BCUT2D eigenvalue weighted by Gasteiger charge is -2.29. The van der Waals surface area contributed by atoms with Gasteiger partial charge in [0.05, 0.1) is 5.60 Å². The Morgan fingerprint density at radius 3 is 2.70 bits per heavy atom. The van der Waals surface area contributed by atoms with E-state index in [0.717, 1.165) is 16.9 Å². The fraction of sp³-hybridized carbons (Fsp3) is 0.562. The van der Waals surface area contributed by atoms with Crippen molar-refractivity contribution in [2.24, 2.45) is 5.92 Å². The van der Waals surface area contributed by atoms with Crippen molar-refractivity contribution < 1.29 is 9.90 Å². The maximum atomic E-state index is 12.3. The average molecular weight is 295 g/mol. The average Bonchev–Trinajstić information content (AvgIpc) is 2.44. The summed E-state index contributed by atoms with van der Waals surface area (Å²) in [4.78, 5) is 13.3. The van der Waals surface area contributed by atoms with E-state index in [0.29, 0.717) is 5.56 Å². The minimum Gasteiger partial charge on any atom is -0.388 e. The van der Waals surface area contributed by atoms with Gasteiger partial charge in [-0.15, -0.1) is 11.8 Å². The Balaban J connectivity index is 2.77. The predicted octanol–water partition coefficient (Wildman–Crippen LogP) is 3.24. The normalized spacial score (nSPS) is 15.5. The highest BCUT2D eigenvalue weighted by atomic mass is 32.2. The molecule has 112 valence electrons. The molecular weight excluding hydrogens is 270 g/mol. The Kier molecular flexibility index (Phi) is 6.08. The Labute approximate surface area is 126 Å². The smallest absolute Gasteiger partial charge is 0.251 e. The summed E-state index contributed by atoms with van der Waals surface area (Å²) < 4.78 is 0. The zero-order valence-electron chi connectivity index (χ0n) is 13.0. The van der Waals surface area contributed by atoms with Crippen LogP contribution in [0.4, 0.5) is 0 Å². The van der Waals surface area contributed by atoms with Gasteiger partial charge in [0.15, 0.2) is 0 Å². The first kappa shape index (κ1) is 17.1. The largest absolute Gasteiger partial charge is 0.388 e. The molecule has 0 aromatic heterocycles. The molecule has 3 nitrogen and oxygen atoms in total. The summed E-state index contributed by atoms with van der Waals surface area (Å²) in [5.74, 6) is 0.0170. The van der Waals surface area contributed by atoms with Crippen LogP contribution in [0.5, 0.6) is 0 Å². The molecule has 20 heavy (non-hydrogen) atoms. The summed E-state index contributed by atoms with van der Waals surface area (Å²) in [7, 11) is 0. The quantitative estimate of drug-likeness (QED) is 0.792. The van der Waals surface area contributed by atoms with Crippen molar-refractivity contribution in [2.75, 3.05) is 12.8 Å². The lowest BCUT2D eigenvalue weighted by Crippen LogP contribution is -2.45. The second kappa shape index (κ2) is 7.14. The standard InChI is InChI=1S/C16H25NO2S/c1-6-12(3)16(4,19)10-17-15(18)14-9-13(20-5)8-7-11(14)2/h7-9,12,19H,6,10H2,1-5H3,(H,17,18). The molecule has 0 aliphatic carbocycles. The van der Waals surface area contributed by atoms with Crippen LogP contribution in [0, 0.1) is 12.8 Å². The number of thioether (sulfide) groups is 1. The lowest BCUT2D eigenvalue weighted by atomic mass is 9.88. The zero-order valence-corrected chi connectivity index (χ0v) is 13.8. The van der Waals surface area contributed by atoms with Crippen molar-refractivity contribution in [3.63, 3.8) is 0 Å². The summed E-state index contributed by atoms with van der Waals surface area (Å²) in [5, 5.41) is 13.2. The van der Waals surface area contributed by atoms with E-state index in [-0.39, 0.29) is 18.4 Å². The molecule has 0 saturated heterocycles. The molecule has 1 amide bonds. The van der Waals surface area contributed by atoms with Crippen molar-refractivity contribution >= 4 is 17.7 Å². The number of rotatable bonds is 6. The van der Waals surface area contributed by atoms with E-state index < -0.39 is 5.60 Å². The van der Waals surface area contributed by atoms with Gasteiger partial charge >= 0.3 is 0 Å². The van der Waals surface area contributed by atoms with Crippen LogP contribution in [0.1, 0.15) is 43.1 Å².